The van der Waals surface area contributed by atoms with Crippen molar-refractivity contribution in [3.63, 3.8) is 0 Å². The van der Waals surface area contributed by atoms with E-state index in [0.29, 0.717) is 17.5 Å². The Bertz CT molecular complexity index is 542. The van der Waals surface area contributed by atoms with Crippen LogP contribution < -0.4 is 5.73 Å². The second-order valence-electron chi connectivity index (χ2n) is 3.99. The SMILES string of the molecule is CC.COC(=O)c1ccc(C=O)nc1.Cc1ccc(N)cc1. The Labute approximate surface area is 131 Å². The summed E-state index contributed by atoms with van der Waals surface area (Å²) in [7, 11) is 1.29. The minimum Gasteiger partial charge on any atom is -0.465 e. The lowest BCUT2D eigenvalue weighted by molar-refractivity contribution is 0.0600. The Hall–Kier alpha value is -2.69. The molecule has 0 atom stereocenters. The van der Waals surface area contributed by atoms with Crippen LogP contribution in [0.3, 0.4) is 0 Å². The highest BCUT2D eigenvalue weighted by Gasteiger charge is 2.04. The number of carbonyl (C=O) groups excluding carboxylic acids is 2. The maximum atomic E-state index is 10.9. The largest absolute Gasteiger partial charge is 0.465 e. The first kappa shape index (κ1) is 19.3. The summed E-state index contributed by atoms with van der Waals surface area (Å²) in [5.41, 5.74) is 8.14. The first-order valence-corrected chi connectivity index (χ1v) is 6.88. The predicted octanol–water partition coefficient (Wildman–Crippen LogP) is 3.28. The van der Waals surface area contributed by atoms with E-state index in [-0.39, 0.29) is 0 Å². The number of methoxy groups -OCH3 is 1. The topological polar surface area (TPSA) is 82.3 Å². The predicted molar refractivity (Wildman–Crippen MR) is 87.9 cm³/mol. The van der Waals surface area contributed by atoms with E-state index in [2.05, 4.69) is 9.72 Å². The second kappa shape index (κ2) is 11.0. The number of hydrogen-bond donors (Lipinski definition) is 1. The first-order valence-electron chi connectivity index (χ1n) is 6.88. The van der Waals surface area contributed by atoms with Crippen molar-refractivity contribution in [2.24, 2.45) is 0 Å². The van der Waals surface area contributed by atoms with Crippen LogP contribution in [0.1, 0.15) is 40.3 Å². The van der Waals surface area contributed by atoms with Gasteiger partial charge in [-0.15, -0.1) is 0 Å². The van der Waals surface area contributed by atoms with Gasteiger partial charge in [-0.2, -0.15) is 0 Å². The summed E-state index contributed by atoms with van der Waals surface area (Å²) in [6.45, 7) is 6.04. The van der Waals surface area contributed by atoms with E-state index >= 15 is 0 Å². The number of pyridine rings is 1. The highest BCUT2D eigenvalue weighted by Crippen LogP contribution is 2.02. The van der Waals surface area contributed by atoms with Crippen molar-refractivity contribution in [3.05, 3.63) is 59.4 Å². The van der Waals surface area contributed by atoms with E-state index in [0.717, 1.165) is 5.69 Å². The van der Waals surface area contributed by atoms with E-state index in [1.807, 2.05) is 45.0 Å². The van der Waals surface area contributed by atoms with Crippen molar-refractivity contribution in [1.29, 1.82) is 0 Å². The molecule has 1 aromatic carbocycles. The van der Waals surface area contributed by atoms with Crippen molar-refractivity contribution in [2.45, 2.75) is 20.8 Å². The van der Waals surface area contributed by atoms with Crippen molar-refractivity contribution in [1.82, 2.24) is 4.98 Å². The number of nitrogen functional groups attached to an aromatic ring is 1. The molecule has 2 aromatic rings. The second-order valence-corrected chi connectivity index (χ2v) is 3.99. The highest BCUT2D eigenvalue weighted by atomic mass is 16.5. The van der Waals surface area contributed by atoms with E-state index in [1.54, 1.807) is 0 Å². The van der Waals surface area contributed by atoms with Crippen molar-refractivity contribution in [3.8, 4) is 0 Å². The molecular formula is C17H22N2O3. The summed E-state index contributed by atoms with van der Waals surface area (Å²) in [5, 5.41) is 0. The van der Waals surface area contributed by atoms with E-state index in [1.165, 1.54) is 31.0 Å². The molecule has 2 rings (SSSR count). The summed E-state index contributed by atoms with van der Waals surface area (Å²) in [6, 6.07) is 10.7. The van der Waals surface area contributed by atoms with Crippen LogP contribution in [0, 0.1) is 6.92 Å². The number of rotatable bonds is 2. The van der Waals surface area contributed by atoms with Crippen LogP contribution in [0.5, 0.6) is 0 Å². The molecule has 0 aliphatic rings. The molecule has 1 heterocycles. The van der Waals surface area contributed by atoms with Gasteiger partial charge in [0.05, 0.1) is 12.7 Å². The zero-order valence-electron chi connectivity index (χ0n) is 13.4. The summed E-state index contributed by atoms with van der Waals surface area (Å²) in [5.74, 6) is -0.458. The number of anilines is 1. The molecule has 0 aliphatic heterocycles. The molecule has 0 saturated heterocycles. The van der Waals surface area contributed by atoms with Gasteiger partial charge in [0.25, 0.3) is 0 Å². The number of nitrogens with zero attached hydrogens (tertiary/aromatic N) is 1. The molecule has 0 amide bonds. The smallest absolute Gasteiger partial charge is 0.339 e. The number of aldehydes is 1. The molecule has 0 bridgehead atoms. The molecule has 0 fully saturated rings. The Morgan fingerprint density at radius 2 is 1.73 bits per heavy atom. The number of aryl methyl sites for hydroxylation is 1. The average molecular weight is 302 g/mol. The maximum absolute atomic E-state index is 10.9. The molecule has 22 heavy (non-hydrogen) atoms. The van der Waals surface area contributed by atoms with Gasteiger partial charge in [0.1, 0.15) is 5.69 Å². The minimum absolute atomic E-state index is 0.294. The maximum Gasteiger partial charge on any atom is 0.339 e. The third-order valence-corrected chi connectivity index (χ3v) is 2.41. The monoisotopic (exact) mass is 302 g/mol. The normalized spacial score (nSPS) is 8.55. The summed E-state index contributed by atoms with van der Waals surface area (Å²) >= 11 is 0. The third-order valence-electron chi connectivity index (χ3n) is 2.41. The quantitative estimate of drug-likeness (QED) is 0.523. The Balaban J connectivity index is 0.000000382. The van der Waals surface area contributed by atoms with Gasteiger partial charge < -0.3 is 10.5 Å². The van der Waals surface area contributed by atoms with Gasteiger partial charge in [-0.1, -0.05) is 31.5 Å². The van der Waals surface area contributed by atoms with Gasteiger partial charge in [0.2, 0.25) is 0 Å². The molecule has 0 unspecified atom stereocenters. The summed E-state index contributed by atoms with van der Waals surface area (Å²) in [4.78, 5) is 24.7. The lowest BCUT2D eigenvalue weighted by Crippen LogP contribution is -2.02. The molecule has 1 aromatic heterocycles. The van der Waals surface area contributed by atoms with Crippen molar-refractivity contribution in [2.75, 3.05) is 12.8 Å². The van der Waals surface area contributed by atoms with E-state index in [4.69, 9.17) is 5.73 Å². The number of benzene rings is 1. The molecule has 118 valence electrons. The minimum atomic E-state index is -0.458. The van der Waals surface area contributed by atoms with Gasteiger partial charge in [-0.3, -0.25) is 9.78 Å². The molecule has 5 nitrogen and oxygen atoms in total. The van der Waals surface area contributed by atoms with Crippen LogP contribution >= 0.6 is 0 Å². The standard InChI is InChI=1S/C8H7NO3.C7H9N.C2H6/c1-12-8(11)6-2-3-7(5-10)9-4-6;1-6-2-4-7(8)5-3-6;1-2/h2-5H,1H3;2-5H,8H2,1H3;1-2H3. The lowest BCUT2D eigenvalue weighted by Gasteiger charge is -1.96. The van der Waals surface area contributed by atoms with Crippen LogP contribution in [0.25, 0.3) is 0 Å². The van der Waals surface area contributed by atoms with Gasteiger partial charge in [0, 0.05) is 11.9 Å². The van der Waals surface area contributed by atoms with Crippen LogP contribution in [0.4, 0.5) is 5.69 Å². The third kappa shape index (κ3) is 7.19. The fourth-order valence-corrected chi connectivity index (χ4v) is 1.28. The molecular weight excluding hydrogens is 280 g/mol. The molecule has 0 saturated carbocycles. The van der Waals surface area contributed by atoms with Crippen LogP contribution in [-0.4, -0.2) is 24.3 Å². The fourth-order valence-electron chi connectivity index (χ4n) is 1.28. The number of esters is 1. The zero-order chi connectivity index (χ0) is 17.0. The van der Waals surface area contributed by atoms with Crippen molar-refractivity contribution >= 4 is 17.9 Å². The summed E-state index contributed by atoms with van der Waals surface area (Å²) < 4.78 is 4.44. The first-order chi connectivity index (χ1) is 10.6. The number of ether oxygens (including phenoxy) is 1. The number of carbonyl (C=O) groups is 2. The van der Waals surface area contributed by atoms with Crippen LogP contribution in [0.15, 0.2) is 42.6 Å². The fraction of sp³-hybridized carbons (Fsp3) is 0.235. The molecule has 0 spiro atoms. The number of hydrogen-bond acceptors (Lipinski definition) is 5. The van der Waals surface area contributed by atoms with Crippen molar-refractivity contribution < 1.29 is 14.3 Å². The van der Waals surface area contributed by atoms with Crippen LogP contribution in [-0.2, 0) is 4.74 Å². The number of nitrogens with two attached hydrogens (primary N) is 1. The van der Waals surface area contributed by atoms with Gasteiger partial charge in [-0.05, 0) is 31.2 Å². The van der Waals surface area contributed by atoms with Gasteiger partial charge in [0.15, 0.2) is 6.29 Å². The molecule has 0 aliphatic carbocycles. The Morgan fingerprint density at radius 1 is 1.14 bits per heavy atom. The Kier molecular flexibility index (Phi) is 9.67. The average Bonchev–Trinajstić information content (AvgIpc) is 2.59. The molecule has 0 radical (unpaired) electrons. The highest BCUT2D eigenvalue weighted by molar-refractivity contribution is 5.89. The molecule has 5 heteroatoms. The lowest BCUT2D eigenvalue weighted by atomic mass is 10.2. The Morgan fingerprint density at radius 3 is 2.09 bits per heavy atom. The van der Waals surface area contributed by atoms with E-state index in [9.17, 15) is 9.59 Å². The number of aromatic nitrogens is 1. The van der Waals surface area contributed by atoms with Gasteiger partial charge >= 0.3 is 5.97 Å². The van der Waals surface area contributed by atoms with E-state index < -0.39 is 5.97 Å². The summed E-state index contributed by atoms with van der Waals surface area (Å²) in [6.07, 6.45) is 1.91. The molecule has 2 N–H and O–H groups in total. The zero-order valence-corrected chi connectivity index (χ0v) is 13.4. The van der Waals surface area contributed by atoms with Crippen LogP contribution in [0.2, 0.25) is 0 Å². The van der Waals surface area contributed by atoms with Gasteiger partial charge in [-0.25, -0.2) is 4.79 Å².